The number of aromatic hydroxyl groups is 1. The Morgan fingerprint density at radius 3 is 2.79 bits per heavy atom. The summed E-state index contributed by atoms with van der Waals surface area (Å²) in [5.74, 6) is 0.931. The van der Waals surface area contributed by atoms with Crippen LogP contribution in [0, 0.1) is 0 Å². The van der Waals surface area contributed by atoms with E-state index in [2.05, 4.69) is 21.4 Å². The van der Waals surface area contributed by atoms with E-state index in [1.54, 1.807) is 25.4 Å². The number of hydrogen-bond acceptors (Lipinski definition) is 4. The number of phenols is 1. The quantitative estimate of drug-likeness (QED) is 0.353. The number of nitrogens with one attached hydrogen (secondary N) is 2. The summed E-state index contributed by atoms with van der Waals surface area (Å²) in [4.78, 5) is 20.5. The van der Waals surface area contributed by atoms with Crippen LogP contribution in [0.2, 0.25) is 0 Å². The number of rotatable bonds is 7. The molecule has 3 heterocycles. The Morgan fingerprint density at radius 2 is 2.00 bits per heavy atom. The third kappa shape index (κ3) is 4.25. The maximum absolute atomic E-state index is 12.7. The molecule has 5 aromatic rings. The molecule has 0 saturated heterocycles. The van der Waals surface area contributed by atoms with Gasteiger partial charge >= 0.3 is 0 Å². The van der Waals surface area contributed by atoms with Gasteiger partial charge in [0.25, 0.3) is 0 Å². The predicted molar refractivity (Wildman–Crippen MR) is 128 cm³/mol. The van der Waals surface area contributed by atoms with Gasteiger partial charge in [0.1, 0.15) is 23.7 Å². The lowest BCUT2D eigenvalue weighted by molar-refractivity contribution is -0.121. The van der Waals surface area contributed by atoms with Crippen molar-refractivity contribution in [2.45, 2.75) is 13.0 Å². The minimum absolute atomic E-state index is 0.0636. The molecular weight excluding hydrogens is 416 g/mol. The van der Waals surface area contributed by atoms with Crippen molar-refractivity contribution in [3.63, 3.8) is 0 Å². The Balaban J connectivity index is 1.39. The number of pyridine rings is 1. The molecule has 33 heavy (non-hydrogen) atoms. The van der Waals surface area contributed by atoms with Crippen LogP contribution < -0.4 is 10.1 Å². The van der Waals surface area contributed by atoms with E-state index in [1.807, 2.05) is 53.2 Å². The first kappa shape index (κ1) is 20.6. The summed E-state index contributed by atoms with van der Waals surface area (Å²) in [6.45, 7) is 0.730. The van der Waals surface area contributed by atoms with Crippen LogP contribution in [-0.2, 0) is 17.8 Å². The standard InChI is InChI=1S/C26H24N4O3/c1-33-20-8-9-24-21(14-20)22(23-13-18-3-2-11-28-26(18)29-23)15-30(24)16-25(32)27-12-10-17-4-6-19(31)7-5-17/h2-9,11,13-15,31H,10,12,16H2,1H3,(H,27,32)(H,28,29). The Labute approximate surface area is 190 Å². The van der Waals surface area contributed by atoms with Gasteiger partial charge in [0.05, 0.1) is 7.11 Å². The molecule has 0 saturated carbocycles. The number of carbonyl (C=O) groups excluding carboxylic acids is 1. The number of H-pyrrole nitrogens is 1. The van der Waals surface area contributed by atoms with Gasteiger partial charge in [-0.3, -0.25) is 4.79 Å². The summed E-state index contributed by atoms with van der Waals surface area (Å²) in [6.07, 6.45) is 4.45. The highest BCUT2D eigenvalue weighted by atomic mass is 16.5. The van der Waals surface area contributed by atoms with Crippen LogP contribution in [-0.4, -0.2) is 39.2 Å². The van der Waals surface area contributed by atoms with Crippen molar-refractivity contribution < 1.29 is 14.6 Å². The lowest BCUT2D eigenvalue weighted by atomic mass is 10.1. The predicted octanol–water partition coefficient (Wildman–Crippen LogP) is 4.26. The van der Waals surface area contributed by atoms with Crippen LogP contribution >= 0.6 is 0 Å². The van der Waals surface area contributed by atoms with E-state index in [1.165, 1.54) is 0 Å². The molecule has 0 aliphatic heterocycles. The minimum Gasteiger partial charge on any atom is -0.508 e. The number of hydrogen-bond donors (Lipinski definition) is 3. The fraction of sp³-hybridized carbons (Fsp3) is 0.154. The van der Waals surface area contributed by atoms with E-state index in [0.29, 0.717) is 13.0 Å². The van der Waals surface area contributed by atoms with Crippen molar-refractivity contribution in [1.29, 1.82) is 0 Å². The first-order chi connectivity index (χ1) is 16.1. The van der Waals surface area contributed by atoms with Crippen LogP contribution in [0.5, 0.6) is 11.5 Å². The average Bonchev–Trinajstić information content (AvgIpc) is 3.41. The Morgan fingerprint density at radius 1 is 1.15 bits per heavy atom. The van der Waals surface area contributed by atoms with Crippen molar-refractivity contribution in [3.05, 3.63) is 78.6 Å². The van der Waals surface area contributed by atoms with Gasteiger partial charge in [0.15, 0.2) is 0 Å². The molecule has 1 amide bonds. The molecule has 0 fully saturated rings. The summed E-state index contributed by atoms with van der Waals surface area (Å²) < 4.78 is 7.40. The number of fused-ring (bicyclic) bond motifs is 2. The lowest BCUT2D eigenvalue weighted by Gasteiger charge is -2.08. The molecule has 0 radical (unpaired) electrons. The van der Waals surface area contributed by atoms with Gasteiger partial charge < -0.3 is 24.7 Å². The first-order valence-corrected chi connectivity index (χ1v) is 10.8. The van der Waals surface area contributed by atoms with Crippen molar-refractivity contribution >= 4 is 27.8 Å². The van der Waals surface area contributed by atoms with E-state index in [0.717, 1.165) is 44.5 Å². The zero-order chi connectivity index (χ0) is 22.8. The topological polar surface area (TPSA) is 92.2 Å². The van der Waals surface area contributed by atoms with Crippen LogP contribution in [0.1, 0.15) is 5.56 Å². The van der Waals surface area contributed by atoms with Crippen molar-refractivity contribution in [2.75, 3.05) is 13.7 Å². The molecule has 3 N–H and O–H groups in total. The normalized spacial score (nSPS) is 11.2. The highest BCUT2D eigenvalue weighted by Crippen LogP contribution is 2.34. The largest absolute Gasteiger partial charge is 0.508 e. The highest BCUT2D eigenvalue weighted by molar-refractivity contribution is 5.99. The molecule has 0 aliphatic carbocycles. The van der Waals surface area contributed by atoms with Gasteiger partial charge in [-0.1, -0.05) is 12.1 Å². The number of aromatic nitrogens is 3. The highest BCUT2D eigenvalue weighted by Gasteiger charge is 2.15. The van der Waals surface area contributed by atoms with Gasteiger partial charge in [-0.15, -0.1) is 0 Å². The Kier molecular flexibility index (Phi) is 5.44. The van der Waals surface area contributed by atoms with Gasteiger partial charge in [0, 0.05) is 46.5 Å². The molecule has 0 atom stereocenters. The molecule has 5 rings (SSSR count). The molecule has 7 nitrogen and oxygen atoms in total. The van der Waals surface area contributed by atoms with Crippen molar-refractivity contribution in [2.24, 2.45) is 0 Å². The number of amides is 1. The molecule has 0 spiro atoms. The Hall–Kier alpha value is -4.26. The third-order valence-electron chi connectivity index (χ3n) is 5.76. The smallest absolute Gasteiger partial charge is 0.239 e. The monoisotopic (exact) mass is 440 g/mol. The van der Waals surface area contributed by atoms with E-state index < -0.39 is 0 Å². The fourth-order valence-corrected chi connectivity index (χ4v) is 4.07. The van der Waals surface area contributed by atoms with E-state index in [9.17, 15) is 9.90 Å². The van der Waals surface area contributed by atoms with Gasteiger partial charge in [-0.25, -0.2) is 4.98 Å². The number of ether oxygens (including phenoxy) is 1. The molecular formula is C26H24N4O3. The molecule has 2 aromatic carbocycles. The molecule has 0 aliphatic rings. The molecule has 0 unspecified atom stereocenters. The maximum atomic E-state index is 12.7. The number of phenolic OH excluding ortho intramolecular Hbond substituents is 1. The summed E-state index contributed by atoms with van der Waals surface area (Å²) >= 11 is 0. The minimum atomic E-state index is -0.0636. The number of benzene rings is 2. The number of aromatic amines is 1. The van der Waals surface area contributed by atoms with Gasteiger partial charge in [-0.05, 0) is 60.5 Å². The van der Waals surface area contributed by atoms with Crippen LogP contribution in [0.15, 0.2) is 73.1 Å². The SMILES string of the molecule is COc1ccc2c(c1)c(-c1cc3cccnc3[nH]1)cn2CC(=O)NCCc1ccc(O)cc1. The fourth-order valence-electron chi connectivity index (χ4n) is 4.07. The molecule has 166 valence electrons. The van der Waals surface area contributed by atoms with Crippen LogP contribution in [0.25, 0.3) is 33.2 Å². The molecule has 0 bridgehead atoms. The van der Waals surface area contributed by atoms with E-state index in [-0.39, 0.29) is 18.2 Å². The Bertz CT molecular complexity index is 1400. The van der Waals surface area contributed by atoms with E-state index >= 15 is 0 Å². The van der Waals surface area contributed by atoms with Crippen LogP contribution in [0.3, 0.4) is 0 Å². The molecule has 3 aromatic heterocycles. The zero-order valence-corrected chi connectivity index (χ0v) is 18.2. The van der Waals surface area contributed by atoms with Gasteiger partial charge in [0.2, 0.25) is 5.91 Å². The second kappa shape index (κ2) is 8.70. The first-order valence-electron chi connectivity index (χ1n) is 10.8. The van der Waals surface area contributed by atoms with Crippen molar-refractivity contribution in [1.82, 2.24) is 19.9 Å². The number of carbonyl (C=O) groups is 1. The summed E-state index contributed by atoms with van der Waals surface area (Å²) in [7, 11) is 1.65. The summed E-state index contributed by atoms with van der Waals surface area (Å²) in [5.41, 5.74) is 4.75. The zero-order valence-electron chi connectivity index (χ0n) is 18.2. The van der Waals surface area contributed by atoms with Crippen molar-refractivity contribution in [3.8, 4) is 22.8 Å². The molecule has 7 heteroatoms. The second-order valence-electron chi connectivity index (χ2n) is 7.94. The summed E-state index contributed by atoms with van der Waals surface area (Å²) in [5, 5.41) is 14.4. The van der Waals surface area contributed by atoms with Crippen LogP contribution in [0.4, 0.5) is 0 Å². The maximum Gasteiger partial charge on any atom is 0.239 e. The second-order valence-corrected chi connectivity index (χ2v) is 7.94. The lowest BCUT2D eigenvalue weighted by Crippen LogP contribution is -2.29. The number of methoxy groups -OCH3 is 1. The van der Waals surface area contributed by atoms with Gasteiger partial charge in [-0.2, -0.15) is 0 Å². The average molecular weight is 441 g/mol. The third-order valence-corrected chi connectivity index (χ3v) is 5.76. The summed E-state index contributed by atoms with van der Waals surface area (Å²) in [6, 6.07) is 18.9. The van der Waals surface area contributed by atoms with E-state index in [4.69, 9.17) is 4.74 Å². The number of nitrogens with zero attached hydrogens (tertiary/aromatic N) is 2.